The van der Waals surface area contributed by atoms with Crippen LogP contribution in [0.15, 0.2) is 21.5 Å². The number of aromatic nitrogens is 2. The fourth-order valence-electron chi connectivity index (χ4n) is 4.56. The number of hydrogen-bond acceptors (Lipinski definition) is 5. The second kappa shape index (κ2) is 6.82. The van der Waals surface area contributed by atoms with E-state index in [0.29, 0.717) is 6.54 Å². The Morgan fingerprint density at radius 2 is 1.93 bits per heavy atom. The summed E-state index contributed by atoms with van der Waals surface area (Å²) in [5.74, 6) is 0.261. The van der Waals surface area contributed by atoms with Gasteiger partial charge in [-0.05, 0) is 60.8 Å². The van der Waals surface area contributed by atoms with E-state index >= 15 is 0 Å². The van der Waals surface area contributed by atoms with Crippen LogP contribution in [0.2, 0.25) is 0 Å². The zero-order valence-electron chi connectivity index (χ0n) is 16.0. The zero-order valence-corrected chi connectivity index (χ0v) is 16.8. The van der Waals surface area contributed by atoms with Crippen molar-refractivity contribution >= 4 is 21.6 Å². The summed E-state index contributed by atoms with van der Waals surface area (Å²) in [5, 5.41) is 13.0. The van der Waals surface area contributed by atoms with E-state index in [1.807, 2.05) is 0 Å². The van der Waals surface area contributed by atoms with Crippen LogP contribution in [0.3, 0.4) is 0 Å². The summed E-state index contributed by atoms with van der Waals surface area (Å²) >= 11 is 0. The van der Waals surface area contributed by atoms with Gasteiger partial charge in [-0.15, -0.1) is 4.36 Å². The first kappa shape index (κ1) is 18.6. The third-order valence-corrected chi connectivity index (χ3v) is 7.19. The van der Waals surface area contributed by atoms with E-state index in [9.17, 15) is 9.00 Å². The van der Waals surface area contributed by atoms with Gasteiger partial charge >= 0.3 is 6.03 Å². The molecule has 10 heteroatoms. The Labute approximate surface area is 169 Å². The first-order chi connectivity index (χ1) is 13.9. The first-order valence-electron chi connectivity index (χ1n) is 9.89. The number of benzene rings is 1. The van der Waals surface area contributed by atoms with Gasteiger partial charge in [0.15, 0.2) is 9.92 Å². The topological polar surface area (TPSA) is 138 Å². The smallest absolute Gasteiger partial charge is 0.354 e. The van der Waals surface area contributed by atoms with Crippen molar-refractivity contribution in [2.45, 2.75) is 56.0 Å². The van der Waals surface area contributed by atoms with Gasteiger partial charge in [0.05, 0.1) is 18.8 Å². The maximum Gasteiger partial charge on any atom is 0.354 e. The number of nitrogens with one attached hydrogen (secondary N) is 1. The number of nitrogens with zero attached hydrogens (tertiary/aromatic N) is 3. The van der Waals surface area contributed by atoms with Crippen LogP contribution in [-0.4, -0.2) is 32.7 Å². The number of aryl methyl sites for hydroxylation is 2. The minimum Gasteiger partial charge on any atom is -0.475 e. The molecule has 2 atom stereocenters. The predicted molar refractivity (Wildman–Crippen MR) is 108 cm³/mol. The highest BCUT2D eigenvalue weighted by atomic mass is 32.2. The summed E-state index contributed by atoms with van der Waals surface area (Å²) in [5.41, 5.74) is 11.6. The van der Waals surface area contributed by atoms with Crippen LogP contribution in [-0.2, 0) is 42.1 Å². The van der Waals surface area contributed by atoms with Gasteiger partial charge in [-0.2, -0.15) is 5.10 Å². The summed E-state index contributed by atoms with van der Waals surface area (Å²) in [6.45, 7) is 0.696. The van der Waals surface area contributed by atoms with Crippen LogP contribution in [0, 0.1) is 0 Å². The van der Waals surface area contributed by atoms with E-state index in [0.717, 1.165) is 44.2 Å². The monoisotopic (exact) mass is 416 g/mol. The molecule has 2 aliphatic carbocycles. The molecule has 154 valence electrons. The van der Waals surface area contributed by atoms with Gasteiger partial charge in [0.1, 0.15) is 11.5 Å². The van der Waals surface area contributed by atoms with Crippen molar-refractivity contribution in [3.05, 3.63) is 34.5 Å². The van der Waals surface area contributed by atoms with Gasteiger partial charge in [0, 0.05) is 5.69 Å². The van der Waals surface area contributed by atoms with Crippen molar-refractivity contribution in [3.8, 4) is 5.88 Å². The predicted octanol–water partition coefficient (Wildman–Crippen LogP) is 1.51. The molecule has 1 aromatic carbocycles. The average Bonchev–Trinajstić information content (AvgIpc) is 3.39. The Hall–Kier alpha value is -2.43. The van der Waals surface area contributed by atoms with E-state index in [2.05, 4.69) is 20.8 Å². The Morgan fingerprint density at radius 1 is 1.24 bits per heavy atom. The summed E-state index contributed by atoms with van der Waals surface area (Å²) in [6.07, 6.45) is 7.41. The number of ether oxygens (including phenoxy) is 1. The Morgan fingerprint density at radius 3 is 2.62 bits per heavy atom. The lowest BCUT2D eigenvalue weighted by molar-refractivity contribution is 0.200. The van der Waals surface area contributed by atoms with E-state index < -0.39 is 15.9 Å². The number of hydrogen-bond donors (Lipinski definition) is 3. The van der Waals surface area contributed by atoms with Crippen molar-refractivity contribution in [3.63, 3.8) is 0 Å². The lowest BCUT2D eigenvalue weighted by atomic mass is 9.99. The maximum atomic E-state index is 13.1. The third-order valence-electron chi connectivity index (χ3n) is 5.84. The normalized spacial score (nSPS) is 21.5. The quantitative estimate of drug-likeness (QED) is 0.681. The van der Waals surface area contributed by atoms with E-state index in [1.165, 1.54) is 33.1 Å². The van der Waals surface area contributed by atoms with Gasteiger partial charge in [0.2, 0.25) is 5.88 Å². The molecule has 3 aliphatic rings. The summed E-state index contributed by atoms with van der Waals surface area (Å²) in [4.78, 5) is 12.8. The largest absolute Gasteiger partial charge is 0.475 e. The van der Waals surface area contributed by atoms with Crippen molar-refractivity contribution in [1.82, 2.24) is 9.78 Å². The van der Waals surface area contributed by atoms with Crippen molar-refractivity contribution in [1.29, 1.82) is 0 Å². The SMILES string of the molecule is NC1COc2c(S(N)(=O)=NC(=O)Nc3c4c(cc5c3CCC5)CCC4)cnn2C1. The van der Waals surface area contributed by atoms with Gasteiger partial charge in [-0.3, -0.25) is 0 Å². The van der Waals surface area contributed by atoms with Gasteiger partial charge in [-0.25, -0.2) is 18.8 Å². The highest BCUT2D eigenvalue weighted by molar-refractivity contribution is 7.91. The van der Waals surface area contributed by atoms with Gasteiger partial charge < -0.3 is 15.8 Å². The number of nitrogens with two attached hydrogens (primary N) is 2. The molecular formula is C19H24N6O3S. The van der Waals surface area contributed by atoms with Crippen LogP contribution in [0.4, 0.5) is 10.5 Å². The third kappa shape index (κ3) is 3.21. The molecule has 0 bridgehead atoms. The van der Waals surface area contributed by atoms with Crippen LogP contribution in [0.25, 0.3) is 0 Å². The van der Waals surface area contributed by atoms with Gasteiger partial charge in [0.25, 0.3) is 0 Å². The summed E-state index contributed by atoms with van der Waals surface area (Å²) < 4.78 is 23.9. The highest BCUT2D eigenvalue weighted by Gasteiger charge is 2.28. The molecule has 29 heavy (non-hydrogen) atoms. The molecule has 0 fully saturated rings. The number of rotatable bonds is 2. The second-order valence-corrected chi connectivity index (χ2v) is 9.65. The van der Waals surface area contributed by atoms with Crippen molar-refractivity contribution in [2.24, 2.45) is 15.2 Å². The van der Waals surface area contributed by atoms with Crippen LogP contribution < -0.4 is 20.9 Å². The minimum atomic E-state index is -3.51. The molecule has 2 unspecified atom stereocenters. The number of urea groups is 1. The average molecular weight is 417 g/mol. The van der Waals surface area contributed by atoms with E-state index in [-0.39, 0.29) is 23.4 Å². The number of amides is 2. The Bertz CT molecular complexity index is 1100. The molecule has 5 N–H and O–H groups in total. The van der Waals surface area contributed by atoms with E-state index in [4.69, 9.17) is 15.6 Å². The molecule has 0 spiro atoms. The Kier molecular flexibility index (Phi) is 4.37. The molecule has 2 heterocycles. The molecule has 9 nitrogen and oxygen atoms in total. The van der Waals surface area contributed by atoms with Crippen molar-refractivity contribution in [2.75, 3.05) is 11.9 Å². The maximum absolute atomic E-state index is 13.1. The zero-order chi connectivity index (χ0) is 20.2. The van der Waals surface area contributed by atoms with Crippen LogP contribution >= 0.6 is 0 Å². The molecule has 0 saturated carbocycles. The number of fused-ring (bicyclic) bond motifs is 3. The molecule has 2 aromatic rings. The van der Waals surface area contributed by atoms with Crippen LogP contribution in [0.1, 0.15) is 35.1 Å². The minimum absolute atomic E-state index is 0.114. The molecule has 0 saturated heterocycles. The van der Waals surface area contributed by atoms with E-state index in [1.54, 1.807) is 0 Å². The molecule has 2 amide bonds. The van der Waals surface area contributed by atoms with Crippen LogP contribution in [0.5, 0.6) is 5.88 Å². The first-order valence-corrected chi connectivity index (χ1v) is 11.5. The van der Waals surface area contributed by atoms with Crippen molar-refractivity contribution < 1.29 is 13.7 Å². The molecule has 5 rings (SSSR count). The second-order valence-electron chi connectivity index (χ2n) is 7.89. The summed E-state index contributed by atoms with van der Waals surface area (Å²) in [7, 11) is -3.51. The molecule has 1 aliphatic heterocycles. The summed E-state index contributed by atoms with van der Waals surface area (Å²) in [6, 6.07) is 1.37. The molecule has 1 aromatic heterocycles. The highest BCUT2D eigenvalue weighted by Crippen LogP contribution is 2.38. The number of carbonyl (C=O) groups excluding carboxylic acids is 1. The fraction of sp³-hybridized carbons (Fsp3) is 0.474. The number of anilines is 1. The lowest BCUT2D eigenvalue weighted by Crippen LogP contribution is -2.37. The molecule has 0 radical (unpaired) electrons. The fourth-order valence-corrected chi connectivity index (χ4v) is 5.57. The van der Waals surface area contributed by atoms with Gasteiger partial charge in [-0.1, -0.05) is 6.07 Å². The standard InChI is InChI=1S/C19H24N6O3S/c20-13-9-25-18(28-10-13)16(8-22-25)29(21,27)24-19(26)23-17-14-5-1-3-11(14)7-12-4-2-6-15(12)17/h7-8,13H,1-6,9-10,20H2,(H3,21,23,24,26,27). The lowest BCUT2D eigenvalue weighted by Gasteiger charge is -2.21. The Balaban J connectivity index is 1.47. The number of carbonyl (C=O) groups is 1. The molecular weight excluding hydrogens is 392 g/mol.